The minimum atomic E-state index is 0.406. The zero-order valence-corrected chi connectivity index (χ0v) is 16.8. The summed E-state index contributed by atoms with van der Waals surface area (Å²) in [5, 5.41) is 0. The van der Waals surface area contributed by atoms with Gasteiger partial charge in [-0.05, 0) is 52.2 Å². The molecule has 0 amide bonds. The van der Waals surface area contributed by atoms with E-state index in [2.05, 4.69) is 52.6 Å². The van der Waals surface area contributed by atoms with Gasteiger partial charge in [0.05, 0.1) is 12.7 Å². The average Bonchev–Trinajstić information content (AvgIpc) is 3.03. The third-order valence-electron chi connectivity index (χ3n) is 5.93. The predicted octanol–water partition coefficient (Wildman–Crippen LogP) is 2.87. The molecule has 3 rings (SSSR count). The van der Waals surface area contributed by atoms with Crippen LogP contribution in [0.4, 0.5) is 5.82 Å². The molecule has 5 heteroatoms. The fourth-order valence-electron chi connectivity index (χ4n) is 4.22. The van der Waals surface area contributed by atoms with Crippen molar-refractivity contribution in [2.75, 3.05) is 50.8 Å². The molecule has 2 fully saturated rings. The molecule has 0 N–H and O–H groups in total. The molecular formula is C21H36N4O. The van der Waals surface area contributed by atoms with Crippen LogP contribution in [-0.2, 0) is 4.74 Å². The number of rotatable bonds is 5. The molecule has 146 valence electrons. The first-order valence-electron chi connectivity index (χ1n) is 10.4. The summed E-state index contributed by atoms with van der Waals surface area (Å²) in [5.41, 5.74) is 0. The van der Waals surface area contributed by atoms with Gasteiger partial charge in [-0.3, -0.25) is 9.80 Å². The van der Waals surface area contributed by atoms with Crippen LogP contribution in [0.25, 0.3) is 0 Å². The maximum Gasteiger partial charge on any atom is 0.128 e. The maximum absolute atomic E-state index is 6.18. The number of anilines is 1. The largest absolute Gasteiger partial charge is 0.377 e. The van der Waals surface area contributed by atoms with E-state index >= 15 is 0 Å². The first-order chi connectivity index (χ1) is 12.6. The highest BCUT2D eigenvalue weighted by Gasteiger charge is 2.25. The number of aromatic nitrogens is 1. The van der Waals surface area contributed by atoms with Gasteiger partial charge >= 0.3 is 0 Å². The Hall–Kier alpha value is -1.17. The smallest absolute Gasteiger partial charge is 0.128 e. The van der Waals surface area contributed by atoms with Gasteiger partial charge in [0, 0.05) is 57.5 Å². The maximum atomic E-state index is 6.18. The monoisotopic (exact) mass is 360 g/mol. The SMILES string of the molecule is CC(C)N1CCOC(CC(C)N2CCCN(c3ccccn3)CC2)CC1. The van der Waals surface area contributed by atoms with Gasteiger partial charge in [-0.1, -0.05) is 6.07 Å². The second-order valence-corrected chi connectivity index (χ2v) is 8.06. The van der Waals surface area contributed by atoms with Crippen molar-refractivity contribution in [2.24, 2.45) is 0 Å². The van der Waals surface area contributed by atoms with Crippen molar-refractivity contribution in [2.45, 2.75) is 58.2 Å². The van der Waals surface area contributed by atoms with Crippen molar-refractivity contribution in [1.82, 2.24) is 14.8 Å². The van der Waals surface area contributed by atoms with Gasteiger partial charge in [-0.25, -0.2) is 4.98 Å². The standard InChI is InChI=1S/C21H36N4O/c1-18(2)23-12-8-20(26-16-15-23)17-19(3)24-10-6-11-25(14-13-24)21-7-4-5-9-22-21/h4-5,7,9,18-20H,6,8,10-17H2,1-3H3. The number of pyridine rings is 1. The van der Waals surface area contributed by atoms with Crippen molar-refractivity contribution in [3.8, 4) is 0 Å². The minimum Gasteiger partial charge on any atom is -0.377 e. The fourth-order valence-corrected chi connectivity index (χ4v) is 4.22. The minimum absolute atomic E-state index is 0.406. The van der Waals surface area contributed by atoms with Crippen LogP contribution in [0.5, 0.6) is 0 Å². The zero-order valence-electron chi connectivity index (χ0n) is 16.8. The van der Waals surface area contributed by atoms with E-state index in [9.17, 15) is 0 Å². The number of nitrogens with zero attached hydrogens (tertiary/aromatic N) is 4. The lowest BCUT2D eigenvalue weighted by atomic mass is 10.1. The number of ether oxygens (including phenoxy) is 1. The molecule has 26 heavy (non-hydrogen) atoms. The molecule has 2 saturated heterocycles. The van der Waals surface area contributed by atoms with Crippen molar-refractivity contribution < 1.29 is 4.74 Å². The highest BCUT2D eigenvalue weighted by Crippen LogP contribution is 2.19. The lowest BCUT2D eigenvalue weighted by Crippen LogP contribution is -2.39. The third-order valence-corrected chi connectivity index (χ3v) is 5.93. The molecule has 0 spiro atoms. The summed E-state index contributed by atoms with van der Waals surface area (Å²) < 4.78 is 6.18. The lowest BCUT2D eigenvalue weighted by Gasteiger charge is -2.30. The van der Waals surface area contributed by atoms with E-state index < -0.39 is 0 Å². The normalized spacial score (nSPS) is 25.1. The number of hydrogen-bond acceptors (Lipinski definition) is 5. The molecule has 2 aliphatic rings. The van der Waals surface area contributed by atoms with Crippen LogP contribution in [0.1, 0.15) is 40.0 Å². The van der Waals surface area contributed by atoms with Crippen LogP contribution < -0.4 is 4.90 Å². The summed E-state index contributed by atoms with van der Waals surface area (Å²) in [7, 11) is 0. The topological polar surface area (TPSA) is 31.8 Å². The second-order valence-electron chi connectivity index (χ2n) is 8.06. The van der Waals surface area contributed by atoms with Crippen molar-refractivity contribution >= 4 is 5.82 Å². The van der Waals surface area contributed by atoms with E-state index in [4.69, 9.17) is 4.74 Å². The van der Waals surface area contributed by atoms with Crippen LogP contribution in [0, 0.1) is 0 Å². The summed E-state index contributed by atoms with van der Waals surface area (Å²) in [6.45, 7) is 14.5. The van der Waals surface area contributed by atoms with Crippen LogP contribution in [-0.4, -0.2) is 78.8 Å². The average molecular weight is 361 g/mol. The van der Waals surface area contributed by atoms with Crippen LogP contribution in [0.2, 0.25) is 0 Å². The van der Waals surface area contributed by atoms with Gasteiger partial charge < -0.3 is 9.64 Å². The first kappa shape index (κ1) is 19.6. The molecule has 0 radical (unpaired) electrons. The summed E-state index contributed by atoms with van der Waals surface area (Å²) in [6, 6.07) is 7.39. The third kappa shape index (κ3) is 5.41. The van der Waals surface area contributed by atoms with E-state index in [1.165, 1.54) is 19.5 Å². The van der Waals surface area contributed by atoms with Crippen molar-refractivity contribution in [1.29, 1.82) is 0 Å². The molecule has 2 atom stereocenters. The summed E-state index contributed by atoms with van der Waals surface area (Å²) in [4.78, 5) is 12.1. The van der Waals surface area contributed by atoms with Gasteiger partial charge in [0.2, 0.25) is 0 Å². The summed E-state index contributed by atoms with van der Waals surface area (Å²) >= 11 is 0. The molecule has 0 saturated carbocycles. The molecule has 0 bridgehead atoms. The Labute approximate surface area is 159 Å². The quantitative estimate of drug-likeness (QED) is 0.806. The van der Waals surface area contributed by atoms with Crippen LogP contribution in [0.3, 0.4) is 0 Å². The zero-order chi connectivity index (χ0) is 18.4. The van der Waals surface area contributed by atoms with Crippen molar-refractivity contribution in [3.63, 3.8) is 0 Å². The Morgan fingerprint density at radius 1 is 1.04 bits per heavy atom. The van der Waals surface area contributed by atoms with Crippen molar-refractivity contribution in [3.05, 3.63) is 24.4 Å². The second kappa shape index (κ2) is 9.67. The molecule has 1 aromatic rings. The molecule has 2 unspecified atom stereocenters. The van der Waals surface area contributed by atoms with Gasteiger partial charge in [0.1, 0.15) is 5.82 Å². The summed E-state index contributed by atoms with van der Waals surface area (Å²) in [6.07, 6.45) is 5.81. The molecule has 0 aromatic carbocycles. The van der Waals surface area contributed by atoms with Crippen LogP contribution >= 0.6 is 0 Å². The van der Waals surface area contributed by atoms with E-state index in [0.717, 1.165) is 51.4 Å². The molecule has 2 aliphatic heterocycles. The molecular weight excluding hydrogens is 324 g/mol. The van der Waals surface area contributed by atoms with E-state index in [-0.39, 0.29) is 0 Å². The Kier molecular flexibility index (Phi) is 7.29. The number of hydrogen-bond donors (Lipinski definition) is 0. The highest BCUT2D eigenvalue weighted by atomic mass is 16.5. The van der Waals surface area contributed by atoms with E-state index in [0.29, 0.717) is 18.2 Å². The van der Waals surface area contributed by atoms with Gasteiger partial charge in [-0.2, -0.15) is 0 Å². The highest BCUT2D eigenvalue weighted by molar-refractivity contribution is 5.37. The Bertz CT molecular complexity index is 524. The Balaban J connectivity index is 1.48. The molecule has 1 aromatic heterocycles. The van der Waals surface area contributed by atoms with Crippen LogP contribution in [0.15, 0.2) is 24.4 Å². The fraction of sp³-hybridized carbons (Fsp3) is 0.762. The van der Waals surface area contributed by atoms with Gasteiger partial charge in [-0.15, -0.1) is 0 Å². The molecule has 5 nitrogen and oxygen atoms in total. The Morgan fingerprint density at radius 2 is 1.92 bits per heavy atom. The summed E-state index contributed by atoms with van der Waals surface area (Å²) in [5.74, 6) is 1.11. The molecule has 3 heterocycles. The lowest BCUT2D eigenvalue weighted by molar-refractivity contribution is 0.0352. The first-order valence-corrected chi connectivity index (χ1v) is 10.4. The predicted molar refractivity (Wildman–Crippen MR) is 108 cm³/mol. The van der Waals surface area contributed by atoms with Gasteiger partial charge in [0.25, 0.3) is 0 Å². The molecule has 0 aliphatic carbocycles. The Morgan fingerprint density at radius 3 is 2.69 bits per heavy atom. The van der Waals surface area contributed by atoms with E-state index in [1.54, 1.807) is 0 Å². The van der Waals surface area contributed by atoms with Gasteiger partial charge in [0.15, 0.2) is 0 Å². The van der Waals surface area contributed by atoms with E-state index in [1.807, 2.05) is 12.3 Å².